The standard InChI is InChI=1S/C35H37FN6O13S2/c1-15-18(12-42-5-2-35(3-6-42,4-7-42)14-38-29(49)27(47)16-8-19(36)28(48)22(44)9-16)26(33(53)54)41-30(50)17(31(41)57-15)10-21(43)25(20-13-56-34(37)39-20)40-55-23(32(51)52)11-24(45)46/h8-9,13,15,17,23,31H,2-7,10-12,14H2,1H3,(H7-,37,38,39,40,43,44,45,46,47,48,49,51,52,53,54)/p+1/t15-,17+,23-,31+,35?,42?/m0/s1. The van der Waals surface area contributed by atoms with Crippen LogP contribution in [0.5, 0.6) is 11.5 Å². The summed E-state index contributed by atoms with van der Waals surface area (Å²) in [6.07, 6.45) is -1.42. The summed E-state index contributed by atoms with van der Waals surface area (Å²) in [5, 5.41) is 54.5. The molecule has 8 N–H and O–H groups in total. The molecule has 0 aliphatic carbocycles. The SMILES string of the molecule is C[C@@H]1S[C@@H]2[C@H](CC(=O)/C(=N\O[C@@H](CC(=O)O)C(=O)O)c3csc(N)n3)C(=O)N2C(C(=O)O)=C1C[N+]12CCC(CNC(=O)C(=O)c3cc(O)c(O)c(F)c3)(CC1)CC2. The van der Waals surface area contributed by atoms with Crippen LogP contribution in [0.1, 0.15) is 55.1 Å². The van der Waals surface area contributed by atoms with E-state index in [1.54, 1.807) is 0 Å². The van der Waals surface area contributed by atoms with Crippen LogP contribution in [0, 0.1) is 17.2 Å². The first-order chi connectivity index (χ1) is 26.8. The fraction of sp³-hybridized carbons (Fsp3) is 0.457. The molecule has 2 aromatic rings. The Morgan fingerprint density at radius 3 is 2.35 bits per heavy atom. The van der Waals surface area contributed by atoms with Crippen molar-refractivity contribution in [2.24, 2.45) is 16.5 Å². The van der Waals surface area contributed by atoms with Crippen LogP contribution in [0.2, 0.25) is 0 Å². The zero-order chi connectivity index (χ0) is 41.6. The second-order valence-electron chi connectivity index (χ2n) is 14.6. The van der Waals surface area contributed by atoms with Crippen molar-refractivity contribution in [3.8, 4) is 11.5 Å². The summed E-state index contributed by atoms with van der Waals surface area (Å²) >= 11 is 2.27. The van der Waals surface area contributed by atoms with Crippen molar-refractivity contribution in [3.63, 3.8) is 0 Å². The van der Waals surface area contributed by atoms with Gasteiger partial charge >= 0.3 is 17.9 Å². The molecule has 2 amide bonds. The first-order valence-electron chi connectivity index (χ1n) is 17.6. The van der Waals surface area contributed by atoms with E-state index in [1.165, 1.54) is 22.0 Å². The molecule has 7 rings (SSSR count). The van der Waals surface area contributed by atoms with Crippen LogP contribution in [0.4, 0.5) is 9.52 Å². The lowest BCUT2D eigenvalue weighted by atomic mass is 9.70. The number of piperidine rings is 3. The Morgan fingerprint density at radius 1 is 1.12 bits per heavy atom. The number of Topliss-reactive ketones (excluding diaryl/α,β-unsaturated/α-hetero) is 2. The third kappa shape index (κ3) is 8.14. The molecular formula is C35H38FN6O13S2+. The maximum atomic E-state index is 13.9. The molecule has 5 aliphatic heterocycles. The van der Waals surface area contributed by atoms with Crippen LogP contribution in [-0.4, -0.2) is 136 Å². The molecule has 0 radical (unpaired) electrons. The van der Waals surface area contributed by atoms with E-state index in [0.717, 1.165) is 17.4 Å². The molecule has 4 fully saturated rings. The summed E-state index contributed by atoms with van der Waals surface area (Å²) in [6, 6.07) is 1.47. The molecule has 5 aliphatic rings. The van der Waals surface area contributed by atoms with Crippen LogP contribution >= 0.6 is 23.1 Å². The van der Waals surface area contributed by atoms with E-state index in [0.29, 0.717) is 61.6 Å². The number of fused-ring (bicyclic) bond motifs is 4. The second-order valence-corrected chi connectivity index (χ2v) is 16.9. The molecular weight excluding hydrogens is 796 g/mol. The number of nitrogens with zero attached hydrogens (tertiary/aromatic N) is 4. The first kappa shape index (κ1) is 41.0. The van der Waals surface area contributed by atoms with E-state index in [9.17, 15) is 58.4 Å². The van der Waals surface area contributed by atoms with E-state index < -0.39 is 100 Å². The number of ketones is 2. The third-order valence-corrected chi connectivity index (χ3v) is 13.3. The maximum Gasteiger partial charge on any atom is 0.352 e. The minimum Gasteiger partial charge on any atom is -0.504 e. The highest BCUT2D eigenvalue weighted by Crippen LogP contribution is 2.50. The zero-order valence-electron chi connectivity index (χ0n) is 30.2. The number of thiazole rings is 1. The number of phenols is 2. The topological polar surface area (TPSA) is 296 Å². The molecule has 19 nitrogen and oxygen atoms in total. The van der Waals surface area contributed by atoms with Gasteiger partial charge in [0.1, 0.15) is 17.9 Å². The number of nitrogens with two attached hydrogens (primary N) is 1. The van der Waals surface area contributed by atoms with E-state index in [4.69, 9.17) is 15.7 Å². The predicted molar refractivity (Wildman–Crippen MR) is 196 cm³/mol. The molecule has 0 saturated carbocycles. The predicted octanol–water partition coefficient (Wildman–Crippen LogP) is 1.14. The number of nitrogens with one attached hydrogen (secondary N) is 1. The van der Waals surface area contributed by atoms with Crippen LogP contribution in [0.15, 0.2) is 33.9 Å². The number of amides is 2. The second kappa shape index (κ2) is 15.7. The molecule has 304 valence electrons. The number of rotatable bonds is 16. The van der Waals surface area contributed by atoms with Gasteiger partial charge in [-0.25, -0.2) is 19.0 Å². The Kier molecular flexibility index (Phi) is 11.3. The molecule has 1 aromatic carbocycles. The molecule has 6 heterocycles. The molecule has 57 heavy (non-hydrogen) atoms. The molecule has 4 saturated heterocycles. The number of carbonyl (C=O) groups is 7. The summed E-state index contributed by atoms with van der Waals surface area (Å²) in [5.74, 6) is -12.0. The number of hydrogen-bond acceptors (Lipinski definition) is 15. The number of anilines is 1. The van der Waals surface area contributed by atoms with Crippen molar-refractivity contribution >= 4 is 75.2 Å². The van der Waals surface area contributed by atoms with Crippen LogP contribution < -0.4 is 11.1 Å². The number of quaternary nitrogens is 1. The van der Waals surface area contributed by atoms with Gasteiger partial charge < -0.3 is 45.9 Å². The van der Waals surface area contributed by atoms with Gasteiger partial charge in [0.2, 0.25) is 17.8 Å². The fourth-order valence-corrected chi connectivity index (χ4v) is 9.81. The van der Waals surface area contributed by atoms with Crippen molar-refractivity contribution in [3.05, 3.63) is 45.9 Å². The summed E-state index contributed by atoms with van der Waals surface area (Å²) < 4.78 is 14.4. The van der Waals surface area contributed by atoms with Crippen molar-refractivity contribution in [2.75, 3.05) is 38.5 Å². The Hall–Kier alpha value is -5.61. The number of aromatic hydroxyl groups is 2. The smallest absolute Gasteiger partial charge is 0.352 e. The maximum absolute atomic E-state index is 13.9. The Bertz CT molecular complexity index is 2090. The lowest BCUT2D eigenvalue weighted by molar-refractivity contribution is -0.941. The molecule has 0 unspecified atom stereocenters. The number of carboxylic acids is 3. The molecule has 0 spiro atoms. The summed E-state index contributed by atoms with van der Waals surface area (Å²) in [6.45, 7) is 4.22. The highest BCUT2D eigenvalue weighted by Gasteiger charge is 2.57. The number of β-lactam (4-membered cyclic amide) rings is 1. The molecule has 4 atom stereocenters. The average molecular weight is 834 g/mol. The normalized spacial score (nSPS) is 25.9. The lowest BCUT2D eigenvalue weighted by Crippen LogP contribution is -2.66. The van der Waals surface area contributed by atoms with E-state index in [1.807, 2.05) is 6.92 Å². The zero-order valence-corrected chi connectivity index (χ0v) is 31.8. The molecule has 2 bridgehead atoms. The third-order valence-electron chi connectivity index (χ3n) is 11.1. The Balaban J connectivity index is 1.12. The quantitative estimate of drug-likeness (QED) is 0.0237. The highest BCUT2D eigenvalue weighted by molar-refractivity contribution is 8.00. The number of thioether (sulfide) groups is 1. The number of nitrogen functional groups attached to an aromatic ring is 1. The van der Waals surface area contributed by atoms with E-state index >= 15 is 0 Å². The first-order valence-corrected chi connectivity index (χ1v) is 19.4. The number of hydrogen-bond donors (Lipinski definition) is 7. The van der Waals surface area contributed by atoms with Gasteiger partial charge in [-0.05, 0) is 19.1 Å². The lowest BCUT2D eigenvalue weighted by Gasteiger charge is -2.56. The van der Waals surface area contributed by atoms with Crippen molar-refractivity contribution in [1.82, 2.24) is 15.2 Å². The van der Waals surface area contributed by atoms with Crippen LogP contribution in [-0.2, 0) is 33.6 Å². The molecule has 1 aromatic heterocycles. The van der Waals surface area contributed by atoms with Gasteiger partial charge in [0.25, 0.3) is 5.91 Å². The fourth-order valence-electron chi connectivity index (χ4n) is 7.76. The van der Waals surface area contributed by atoms with Crippen molar-refractivity contribution < 1.29 is 72.8 Å². The number of aliphatic carboxylic acids is 3. The monoisotopic (exact) mass is 833 g/mol. The number of halogens is 1. The highest BCUT2D eigenvalue weighted by atomic mass is 32.2. The minimum atomic E-state index is -1.93. The van der Waals surface area contributed by atoms with Crippen molar-refractivity contribution in [2.45, 2.75) is 55.8 Å². The van der Waals surface area contributed by atoms with Gasteiger partial charge in [-0.15, -0.1) is 23.1 Å². The Labute approximate surface area is 330 Å². The van der Waals surface area contributed by atoms with E-state index in [-0.39, 0.29) is 33.7 Å². The minimum absolute atomic E-state index is 0.0447. The van der Waals surface area contributed by atoms with Gasteiger partial charge in [-0.1, -0.05) is 5.16 Å². The number of carboxylic acid groups (broad SMARTS) is 3. The number of aromatic nitrogens is 1. The van der Waals surface area contributed by atoms with Crippen LogP contribution in [0.3, 0.4) is 0 Å². The largest absolute Gasteiger partial charge is 0.504 e. The van der Waals surface area contributed by atoms with Crippen LogP contribution in [0.25, 0.3) is 0 Å². The van der Waals surface area contributed by atoms with Crippen molar-refractivity contribution in [1.29, 1.82) is 0 Å². The van der Waals surface area contributed by atoms with Gasteiger partial charge in [-0.3, -0.25) is 28.9 Å². The van der Waals surface area contributed by atoms with Gasteiger partial charge in [0.05, 0.1) is 37.3 Å². The summed E-state index contributed by atoms with van der Waals surface area (Å²) in [5.41, 5.74) is 4.82. The van der Waals surface area contributed by atoms with Gasteiger partial charge in [-0.2, -0.15) is 0 Å². The van der Waals surface area contributed by atoms with Gasteiger partial charge in [0, 0.05) is 59.4 Å². The Morgan fingerprint density at radius 2 is 1.79 bits per heavy atom. The summed E-state index contributed by atoms with van der Waals surface area (Å²) in [4.78, 5) is 98.2. The number of phenolic OH excluding ortho intramolecular Hbond substituents is 2. The number of oxime groups is 1. The van der Waals surface area contributed by atoms with E-state index in [2.05, 4.69) is 15.5 Å². The number of benzene rings is 1. The number of carbonyl (C=O) groups excluding carboxylic acids is 4. The average Bonchev–Trinajstić information content (AvgIpc) is 3.60. The molecule has 22 heteroatoms. The summed E-state index contributed by atoms with van der Waals surface area (Å²) in [7, 11) is 0. The van der Waals surface area contributed by atoms with Gasteiger partial charge in [0.15, 0.2) is 33.9 Å².